The molecule has 2 atom stereocenters. The van der Waals surface area contributed by atoms with E-state index in [-0.39, 0.29) is 5.60 Å². The van der Waals surface area contributed by atoms with Crippen LogP contribution in [0.1, 0.15) is 71.6 Å². The molecule has 4 aliphatic rings. The van der Waals surface area contributed by atoms with Crippen LogP contribution in [0.3, 0.4) is 0 Å². The fraction of sp³-hybridized carbons (Fsp3) is 0.679. The topological polar surface area (TPSA) is 52.6 Å². The van der Waals surface area contributed by atoms with Crippen molar-refractivity contribution in [1.29, 1.82) is 0 Å². The first-order valence-corrected chi connectivity index (χ1v) is 13.6. The van der Waals surface area contributed by atoms with Crippen molar-refractivity contribution in [3.8, 4) is 0 Å². The molecule has 1 saturated heterocycles. The maximum atomic E-state index is 6.16. The highest BCUT2D eigenvalue weighted by molar-refractivity contribution is 6.31. The Morgan fingerprint density at radius 2 is 1.76 bits per heavy atom. The Morgan fingerprint density at radius 3 is 2.47 bits per heavy atom. The summed E-state index contributed by atoms with van der Waals surface area (Å²) in [5, 5.41) is 5.75. The van der Waals surface area contributed by atoms with Gasteiger partial charge in [-0.1, -0.05) is 11.6 Å². The second-order valence-corrected chi connectivity index (χ2v) is 12.4. The second kappa shape index (κ2) is 8.92. The predicted octanol–water partition coefficient (Wildman–Crippen LogP) is 7.14. The monoisotopic (exact) mass is 484 g/mol. The van der Waals surface area contributed by atoms with Gasteiger partial charge in [0.05, 0.1) is 12.1 Å². The summed E-state index contributed by atoms with van der Waals surface area (Å²) in [6, 6.07) is 8.66. The number of fused-ring (bicyclic) bond motifs is 2. The molecular weight excluding hydrogens is 448 g/mol. The van der Waals surface area contributed by atoms with Gasteiger partial charge in [-0.25, -0.2) is 9.78 Å². The molecule has 3 aliphatic carbocycles. The van der Waals surface area contributed by atoms with E-state index in [0.29, 0.717) is 12.6 Å². The number of halogens is 1. The molecule has 2 heterocycles. The number of benzene rings is 1. The van der Waals surface area contributed by atoms with Crippen LogP contribution in [0.25, 0.3) is 10.9 Å². The Labute approximate surface area is 207 Å². The zero-order valence-corrected chi connectivity index (χ0v) is 21.2. The molecule has 184 valence electrons. The average molecular weight is 485 g/mol. The Bertz CT molecular complexity index is 1010. The van der Waals surface area contributed by atoms with Gasteiger partial charge in [0.25, 0.3) is 0 Å². The number of rotatable bonds is 4. The zero-order valence-electron chi connectivity index (χ0n) is 20.4. The van der Waals surface area contributed by atoms with Crippen LogP contribution >= 0.6 is 11.6 Å². The minimum absolute atomic E-state index is 0.339. The molecule has 2 aromatic rings. The van der Waals surface area contributed by atoms with Crippen LogP contribution < -0.4 is 5.32 Å². The van der Waals surface area contributed by atoms with Crippen LogP contribution in [0.4, 0.5) is 5.69 Å². The van der Waals surface area contributed by atoms with Crippen LogP contribution in [0, 0.1) is 23.7 Å². The number of anilines is 1. The van der Waals surface area contributed by atoms with Crippen molar-refractivity contribution in [2.45, 2.75) is 89.1 Å². The van der Waals surface area contributed by atoms with E-state index in [0.717, 1.165) is 52.4 Å². The number of nitrogens with zero attached hydrogens (tertiary/aromatic N) is 1. The van der Waals surface area contributed by atoms with Gasteiger partial charge in [0, 0.05) is 41.2 Å². The summed E-state index contributed by atoms with van der Waals surface area (Å²) in [5.41, 5.74) is 1.82. The number of nitrogens with one attached hydrogen (secondary N) is 1. The van der Waals surface area contributed by atoms with E-state index in [1.165, 1.54) is 50.6 Å². The summed E-state index contributed by atoms with van der Waals surface area (Å²) in [4.78, 5) is 15.9. The summed E-state index contributed by atoms with van der Waals surface area (Å²) in [7, 11) is 0. The standard InChI is InChI=1S/C28H37ClN2O3/c1-27(2)17-32-28(34-33-27)8-5-18(6-9-28)11-19-12-20-14-23(15-21(20)13-19)31-25-7-10-30-26-16-22(29)3-4-24(25)26/h3-4,7,10,16,18-21,23H,5-6,8-9,11-15,17H2,1-2H3,(H,30,31). The molecule has 1 aliphatic heterocycles. The van der Waals surface area contributed by atoms with Gasteiger partial charge in [0.1, 0.15) is 5.60 Å². The lowest BCUT2D eigenvalue weighted by Gasteiger charge is -2.45. The van der Waals surface area contributed by atoms with Crippen molar-refractivity contribution in [3.05, 3.63) is 35.5 Å². The third-order valence-corrected chi connectivity index (χ3v) is 9.05. The van der Waals surface area contributed by atoms with E-state index in [2.05, 4.69) is 22.4 Å². The minimum Gasteiger partial charge on any atom is -0.382 e. The highest BCUT2D eigenvalue weighted by atomic mass is 35.5. The summed E-state index contributed by atoms with van der Waals surface area (Å²) in [6.45, 7) is 4.64. The van der Waals surface area contributed by atoms with Gasteiger partial charge in [-0.3, -0.25) is 4.98 Å². The van der Waals surface area contributed by atoms with Crippen molar-refractivity contribution in [3.63, 3.8) is 0 Å². The average Bonchev–Trinajstić information content (AvgIpc) is 3.35. The number of pyridine rings is 1. The molecular formula is C28H37ClN2O3. The van der Waals surface area contributed by atoms with Crippen molar-refractivity contribution in [2.75, 3.05) is 11.9 Å². The maximum absolute atomic E-state index is 6.16. The molecule has 1 N–H and O–H groups in total. The number of aromatic nitrogens is 1. The van der Waals surface area contributed by atoms with Crippen LogP contribution in [0.2, 0.25) is 5.02 Å². The molecule has 3 saturated carbocycles. The van der Waals surface area contributed by atoms with Gasteiger partial charge in [-0.2, -0.15) is 0 Å². The lowest BCUT2D eigenvalue weighted by Crippen LogP contribution is -2.51. The third kappa shape index (κ3) is 4.69. The van der Waals surface area contributed by atoms with Crippen molar-refractivity contribution in [2.24, 2.45) is 23.7 Å². The second-order valence-electron chi connectivity index (χ2n) is 12.0. The lowest BCUT2D eigenvalue weighted by molar-refractivity contribution is -0.512. The van der Waals surface area contributed by atoms with Gasteiger partial charge in [0.2, 0.25) is 5.79 Å². The van der Waals surface area contributed by atoms with Gasteiger partial charge in [0.15, 0.2) is 0 Å². The van der Waals surface area contributed by atoms with Gasteiger partial charge >= 0.3 is 0 Å². The number of hydrogen-bond donors (Lipinski definition) is 1. The van der Waals surface area contributed by atoms with E-state index in [9.17, 15) is 0 Å². The molecule has 0 amide bonds. The Balaban J connectivity index is 0.988. The summed E-state index contributed by atoms with van der Waals surface area (Å²) in [6.07, 6.45) is 13.0. The molecule has 2 unspecified atom stereocenters. The summed E-state index contributed by atoms with van der Waals surface area (Å²) >= 11 is 6.16. The van der Waals surface area contributed by atoms with E-state index < -0.39 is 5.79 Å². The fourth-order valence-electron chi connectivity index (χ4n) is 7.11. The first-order chi connectivity index (χ1) is 16.4. The lowest BCUT2D eigenvalue weighted by atomic mass is 9.79. The zero-order chi connectivity index (χ0) is 23.3. The summed E-state index contributed by atoms with van der Waals surface area (Å²) in [5.74, 6) is 2.96. The van der Waals surface area contributed by atoms with Gasteiger partial charge in [-0.15, -0.1) is 0 Å². The van der Waals surface area contributed by atoms with Crippen LogP contribution in [0.15, 0.2) is 30.5 Å². The van der Waals surface area contributed by atoms with Crippen molar-refractivity contribution >= 4 is 28.2 Å². The first kappa shape index (κ1) is 23.0. The maximum Gasteiger partial charge on any atom is 0.201 e. The highest BCUT2D eigenvalue weighted by Crippen LogP contribution is 2.51. The van der Waals surface area contributed by atoms with Gasteiger partial charge in [-0.05, 0) is 107 Å². The molecule has 34 heavy (non-hydrogen) atoms. The normalized spacial score (nSPS) is 37.2. The van der Waals surface area contributed by atoms with E-state index in [4.69, 9.17) is 26.1 Å². The molecule has 6 rings (SSSR count). The molecule has 0 radical (unpaired) electrons. The SMILES string of the molecule is CC1(C)COC2(CCC(CC3CC4CC(Nc5ccnc6cc(Cl)ccc56)CC4C3)CC2)OO1. The van der Waals surface area contributed by atoms with Crippen molar-refractivity contribution in [1.82, 2.24) is 4.98 Å². The molecule has 6 heteroatoms. The van der Waals surface area contributed by atoms with Crippen LogP contribution in [0.5, 0.6) is 0 Å². The molecule has 1 spiro atoms. The van der Waals surface area contributed by atoms with Gasteiger partial charge < -0.3 is 10.1 Å². The molecule has 5 nitrogen and oxygen atoms in total. The summed E-state index contributed by atoms with van der Waals surface area (Å²) < 4.78 is 6.13. The number of hydrogen-bond acceptors (Lipinski definition) is 5. The number of ether oxygens (including phenoxy) is 1. The Hall–Kier alpha value is -1.40. The minimum atomic E-state index is -0.487. The quantitative estimate of drug-likeness (QED) is 0.467. The largest absolute Gasteiger partial charge is 0.382 e. The first-order valence-electron chi connectivity index (χ1n) is 13.2. The van der Waals surface area contributed by atoms with Crippen LogP contribution in [-0.2, 0) is 14.5 Å². The van der Waals surface area contributed by atoms with E-state index in [1.807, 2.05) is 32.2 Å². The Morgan fingerprint density at radius 1 is 1.00 bits per heavy atom. The smallest absolute Gasteiger partial charge is 0.201 e. The predicted molar refractivity (Wildman–Crippen MR) is 135 cm³/mol. The molecule has 0 bridgehead atoms. The molecule has 1 aromatic carbocycles. The highest BCUT2D eigenvalue weighted by Gasteiger charge is 2.46. The van der Waals surface area contributed by atoms with Crippen molar-refractivity contribution < 1.29 is 14.5 Å². The fourth-order valence-corrected chi connectivity index (χ4v) is 7.28. The van der Waals surface area contributed by atoms with Crippen LogP contribution in [-0.4, -0.2) is 29.0 Å². The van der Waals surface area contributed by atoms with E-state index in [1.54, 1.807) is 0 Å². The molecule has 4 fully saturated rings. The molecule has 1 aromatic heterocycles. The Kier molecular flexibility index (Phi) is 6.04. The third-order valence-electron chi connectivity index (χ3n) is 8.81. The van der Waals surface area contributed by atoms with E-state index >= 15 is 0 Å².